The number of amides is 2. The molecule has 0 saturated carbocycles. The summed E-state index contributed by atoms with van der Waals surface area (Å²) >= 11 is 0. The van der Waals surface area contributed by atoms with Gasteiger partial charge < -0.3 is 15.3 Å². The Kier molecular flexibility index (Phi) is 5.61. The van der Waals surface area contributed by atoms with Crippen molar-refractivity contribution in [3.8, 4) is 0 Å². The van der Waals surface area contributed by atoms with E-state index >= 15 is 0 Å². The number of nitrogens with zero attached hydrogens (tertiary/aromatic N) is 3. The smallest absolute Gasteiger partial charge is 0.317 e. The van der Waals surface area contributed by atoms with Crippen molar-refractivity contribution in [1.29, 1.82) is 0 Å². The zero-order valence-electron chi connectivity index (χ0n) is 15.3. The molecular formula is C19H30N4O2. The number of carbonyl (C=O) groups is 1. The van der Waals surface area contributed by atoms with E-state index in [0.29, 0.717) is 25.7 Å². The van der Waals surface area contributed by atoms with Crippen LogP contribution in [0.15, 0.2) is 30.3 Å². The molecule has 2 amide bonds. The minimum Gasteiger partial charge on any atom is -0.389 e. The van der Waals surface area contributed by atoms with Crippen LogP contribution in [-0.4, -0.2) is 83.3 Å². The molecule has 138 valence electrons. The number of piperazine rings is 3. The third kappa shape index (κ3) is 5.17. The predicted octanol–water partition coefficient (Wildman–Crippen LogP) is 0.969. The van der Waals surface area contributed by atoms with Crippen molar-refractivity contribution < 1.29 is 9.90 Å². The molecule has 6 heteroatoms. The fourth-order valence-electron chi connectivity index (χ4n) is 3.71. The van der Waals surface area contributed by atoms with Crippen molar-refractivity contribution in [2.24, 2.45) is 0 Å². The summed E-state index contributed by atoms with van der Waals surface area (Å²) in [7, 11) is 0. The van der Waals surface area contributed by atoms with Gasteiger partial charge in [0.05, 0.1) is 12.1 Å². The zero-order chi connectivity index (χ0) is 17.9. The van der Waals surface area contributed by atoms with Gasteiger partial charge in [-0.3, -0.25) is 9.80 Å². The quantitative estimate of drug-likeness (QED) is 0.806. The normalized spacial score (nSPS) is 25.6. The molecule has 3 saturated heterocycles. The lowest BCUT2D eigenvalue weighted by Crippen LogP contribution is -2.64. The van der Waals surface area contributed by atoms with E-state index in [9.17, 15) is 9.90 Å². The van der Waals surface area contributed by atoms with Crippen LogP contribution in [0.2, 0.25) is 0 Å². The van der Waals surface area contributed by atoms with E-state index in [1.165, 1.54) is 0 Å². The van der Waals surface area contributed by atoms with Gasteiger partial charge in [0.15, 0.2) is 0 Å². The molecule has 1 atom stereocenters. The molecule has 0 aliphatic carbocycles. The lowest BCUT2D eigenvalue weighted by molar-refractivity contribution is 0.0131. The summed E-state index contributed by atoms with van der Waals surface area (Å²) in [6.45, 7) is 10.4. The number of urea groups is 1. The lowest BCUT2D eigenvalue weighted by Gasteiger charge is -2.47. The van der Waals surface area contributed by atoms with Crippen molar-refractivity contribution in [3.63, 3.8) is 0 Å². The van der Waals surface area contributed by atoms with E-state index < -0.39 is 5.60 Å². The first-order valence-corrected chi connectivity index (χ1v) is 9.16. The highest BCUT2D eigenvalue weighted by atomic mass is 16.3. The largest absolute Gasteiger partial charge is 0.389 e. The highest BCUT2D eigenvalue weighted by Crippen LogP contribution is 2.15. The minimum atomic E-state index is -0.925. The van der Waals surface area contributed by atoms with Crippen LogP contribution in [0.5, 0.6) is 0 Å². The average molecular weight is 346 g/mol. The van der Waals surface area contributed by atoms with Gasteiger partial charge in [0.25, 0.3) is 0 Å². The Morgan fingerprint density at radius 3 is 2.48 bits per heavy atom. The SMILES string of the molecule is CC(C)(O)CN(Cc1ccccc1)C(=O)NC[C@@H]1CN2CCN1CC2. The first kappa shape index (κ1) is 18.2. The van der Waals surface area contributed by atoms with Crippen LogP contribution >= 0.6 is 0 Å². The average Bonchev–Trinajstić information content (AvgIpc) is 2.60. The molecule has 3 heterocycles. The van der Waals surface area contributed by atoms with E-state index in [4.69, 9.17) is 0 Å². The highest BCUT2D eigenvalue weighted by Gasteiger charge is 2.32. The molecule has 0 aromatic heterocycles. The Hall–Kier alpha value is -1.63. The van der Waals surface area contributed by atoms with Gasteiger partial charge in [-0.05, 0) is 19.4 Å². The third-order valence-corrected chi connectivity index (χ3v) is 4.96. The molecule has 1 aromatic carbocycles. The number of nitrogens with one attached hydrogen (secondary N) is 1. The van der Waals surface area contributed by atoms with E-state index in [1.807, 2.05) is 30.3 Å². The van der Waals surface area contributed by atoms with Gasteiger partial charge in [-0.1, -0.05) is 30.3 Å². The van der Waals surface area contributed by atoms with Crippen molar-refractivity contribution >= 4 is 6.03 Å². The van der Waals surface area contributed by atoms with Gasteiger partial charge in [0, 0.05) is 51.9 Å². The molecule has 3 aliphatic rings. The molecule has 0 spiro atoms. The van der Waals surface area contributed by atoms with Crippen molar-refractivity contribution in [2.45, 2.75) is 32.0 Å². The first-order valence-electron chi connectivity index (χ1n) is 9.16. The Labute approximate surface area is 150 Å². The van der Waals surface area contributed by atoms with E-state index in [0.717, 1.165) is 38.3 Å². The molecule has 0 unspecified atom stereocenters. The topological polar surface area (TPSA) is 59.1 Å². The number of carbonyl (C=O) groups excluding carboxylic acids is 1. The third-order valence-electron chi connectivity index (χ3n) is 4.96. The van der Waals surface area contributed by atoms with Crippen LogP contribution in [-0.2, 0) is 6.54 Å². The van der Waals surface area contributed by atoms with Gasteiger partial charge >= 0.3 is 6.03 Å². The number of fused-ring (bicyclic) bond motifs is 3. The number of hydrogen-bond donors (Lipinski definition) is 2. The Balaban J connectivity index is 1.58. The second-order valence-corrected chi connectivity index (χ2v) is 7.83. The standard InChI is InChI=1S/C19H30N4O2/c1-19(2,25)15-23(13-16-6-4-3-5-7-16)18(24)20-12-17-14-21-8-10-22(17)11-9-21/h3-7,17,25H,8-15H2,1-2H3,(H,20,24)/t17-/m1/s1. The maximum atomic E-state index is 12.7. The van der Waals surface area contributed by atoms with Crippen LogP contribution in [0.1, 0.15) is 19.4 Å². The van der Waals surface area contributed by atoms with Crippen LogP contribution in [0, 0.1) is 0 Å². The summed E-state index contributed by atoms with van der Waals surface area (Å²) in [5, 5.41) is 13.3. The monoisotopic (exact) mass is 346 g/mol. The molecule has 3 fully saturated rings. The van der Waals surface area contributed by atoms with E-state index in [2.05, 4.69) is 15.1 Å². The van der Waals surface area contributed by atoms with E-state index in [-0.39, 0.29) is 6.03 Å². The summed E-state index contributed by atoms with van der Waals surface area (Å²) in [5.41, 5.74) is 0.138. The number of rotatable bonds is 6. The molecule has 2 bridgehead atoms. The van der Waals surface area contributed by atoms with Gasteiger partial charge in [-0.15, -0.1) is 0 Å². The summed E-state index contributed by atoms with van der Waals surface area (Å²) in [5.74, 6) is 0. The molecule has 2 N–H and O–H groups in total. The van der Waals surface area contributed by atoms with Crippen LogP contribution in [0.25, 0.3) is 0 Å². The van der Waals surface area contributed by atoms with Gasteiger partial charge in [-0.2, -0.15) is 0 Å². The number of hydrogen-bond acceptors (Lipinski definition) is 4. The molecule has 25 heavy (non-hydrogen) atoms. The maximum absolute atomic E-state index is 12.7. The molecule has 1 aromatic rings. The van der Waals surface area contributed by atoms with E-state index in [1.54, 1.807) is 18.7 Å². The summed E-state index contributed by atoms with van der Waals surface area (Å²) in [4.78, 5) is 19.4. The molecule has 4 rings (SSSR count). The Morgan fingerprint density at radius 1 is 1.24 bits per heavy atom. The molecule has 6 nitrogen and oxygen atoms in total. The van der Waals surface area contributed by atoms with Crippen molar-refractivity contribution in [2.75, 3.05) is 45.8 Å². The fourth-order valence-corrected chi connectivity index (χ4v) is 3.71. The highest BCUT2D eigenvalue weighted by molar-refractivity contribution is 5.74. The second-order valence-electron chi connectivity index (χ2n) is 7.83. The molecule has 0 radical (unpaired) electrons. The van der Waals surface area contributed by atoms with Gasteiger partial charge in [-0.25, -0.2) is 4.79 Å². The van der Waals surface area contributed by atoms with Crippen molar-refractivity contribution in [3.05, 3.63) is 35.9 Å². The summed E-state index contributed by atoms with van der Waals surface area (Å²) in [6.07, 6.45) is 0. The number of benzene rings is 1. The van der Waals surface area contributed by atoms with Crippen molar-refractivity contribution in [1.82, 2.24) is 20.0 Å². The predicted molar refractivity (Wildman–Crippen MR) is 98.3 cm³/mol. The molecule has 3 aliphatic heterocycles. The minimum absolute atomic E-state index is 0.108. The van der Waals surface area contributed by atoms with Gasteiger partial charge in [0.2, 0.25) is 0 Å². The fraction of sp³-hybridized carbons (Fsp3) is 0.632. The maximum Gasteiger partial charge on any atom is 0.317 e. The van der Waals surface area contributed by atoms with Crippen LogP contribution < -0.4 is 5.32 Å². The van der Waals surface area contributed by atoms with Crippen LogP contribution in [0.4, 0.5) is 4.79 Å². The summed E-state index contributed by atoms with van der Waals surface area (Å²) in [6, 6.07) is 10.2. The number of aliphatic hydroxyl groups is 1. The Bertz CT molecular complexity index is 565. The second kappa shape index (κ2) is 7.72. The molecular weight excluding hydrogens is 316 g/mol. The first-order chi connectivity index (χ1) is 11.9. The summed E-state index contributed by atoms with van der Waals surface area (Å²) < 4.78 is 0. The van der Waals surface area contributed by atoms with Gasteiger partial charge in [0.1, 0.15) is 0 Å². The lowest BCUT2D eigenvalue weighted by atomic mass is 10.1. The van der Waals surface area contributed by atoms with Crippen LogP contribution in [0.3, 0.4) is 0 Å². The zero-order valence-corrected chi connectivity index (χ0v) is 15.3. The Morgan fingerprint density at radius 2 is 1.92 bits per heavy atom.